The van der Waals surface area contributed by atoms with Gasteiger partial charge >= 0.3 is 0 Å². The molecule has 0 radical (unpaired) electrons. The average molecular weight is 300 g/mol. The molecule has 2 rings (SSSR count). The Bertz CT molecular complexity index is 671. The third kappa shape index (κ3) is 3.75. The molecule has 2 aromatic rings. The summed E-state index contributed by atoms with van der Waals surface area (Å²) in [7, 11) is 0. The summed E-state index contributed by atoms with van der Waals surface area (Å²) in [6.45, 7) is 3.88. The minimum absolute atomic E-state index is 0.102. The molecule has 0 bridgehead atoms. The van der Waals surface area contributed by atoms with Crippen LogP contribution in [0.25, 0.3) is 0 Å². The van der Waals surface area contributed by atoms with Crippen LogP contribution < -0.4 is 5.32 Å². The van der Waals surface area contributed by atoms with E-state index in [1.807, 2.05) is 13.8 Å². The molecule has 5 nitrogen and oxygen atoms in total. The normalized spacial score (nSPS) is 11.9. The Morgan fingerprint density at radius 3 is 2.73 bits per heavy atom. The SMILES string of the molecule is CCc1cnccc1C(=O)NC(C)Cc1ccc(O)c(O)c1. The zero-order valence-corrected chi connectivity index (χ0v) is 12.7. The maximum atomic E-state index is 12.3. The number of aromatic nitrogens is 1. The summed E-state index contributed by atoms with van der Waals surface area (Å²) in [4.78, 5) is 16.3. The van der Waals surface area contributed by atoms with Gasteiger partial charge in [-0.3, -0.25) is 9.78 Å². The van der Waals surface area contributed by atoms with E-state index in [1.165, 1.54) is 12.1 Å². The van der Waals surface area contributed by atoms with Crippen LogP contribution >= 0.6 is 0 Å². The molecule has 116 valence electrons. The molecule has 0 spiro atoms. The molecule has 0 fully saturated rings. The summed E-state index contributed by atoms with van der Waals surface area (Å²) >= 11 is 0. The molecule has 1 heterocycles. The average Bonchev–Trinajstić information content (AvgIpc) is 2.50. The first kappa shape index (κ1) is 15.8. The van der Waals surface area contributed by atoms with E-state index >= 15 is 0 Å². The van der Waals surface area contributed by atoms with Gasteiger partial charge in [-0.1, -0.05) is 13.0 Å². The van der Waals surface area contributed by atoms with Crippen molar-refractivity contribution in [3.05, 3.63) is 53.3 Å². The van der Waals surface area contributed by atoms with E-state index in [-0.39, 0.29) is 23.4 Å². The van der Waals surface area contributed by atoms with E-state index in [9.17, 15) is 15.0 Å². The standard InChI is InChI=1S/C17H20N2O3/c1-3-13-10-18-7-6-14(13)17(22)19-11(2)8-12-4-5-15(20)16(21)9-12/h4-7,9-11,20-21H,3,8H2,1-2H3,(H,19,22). The summed E-state index contributed by atoms with van der Waals surface area (Å²) in [5.74, 6) is -0.432. The number of rotatable bonds is 5. The lowest BCUT2D eigenvalue weighted by Gasteiger charge is -2.15. The van der Waals surface area contributed by atoms with Gasteiger partial charge in [-0.05, 0) is 49.1 Å². The molecule has 3 N–H and O–H groups in total. The van der Waals surface area contributed by atoms with Gasteiger partial charge in [0.25, 0.3) is 5.91 Å². The van der Waals surface area contributed by atoms with Crippen molar-refractivity contribution < 1.29 is 15.0 Å². The van der Waals surface area contributed by atoms with E-state index in [0.717, 1.165) is 17.5 Å². The van der Waals surface area contributed by atoms with E-state index in [1.54, 1.807) is 24.5 Å². The van der Waals surface area contributed by atoms with Crippen LogP contribution in [0.15, 0.2) is 36.7 Å². The number of amides is 1. The molecule has 0 aliphatic rings. The summed E-state index contributed by atoms with van der Waals surface area (Å²) < 4.78 is 0. The fourth-order valence-corrected chi connectivity index (χ4v) is 2.33. The van der Waals surface area contributed by atoms with Gasteiger partial charge in [-0.2, -0.15) is 0 Å². The lowest BCUT2D eigenvalue weighted by Crippen LogP contribution is -2.34. The maximum absolute atomic E-state index is 12.3. The number of nitrogens with one attached hydrogen (secondary N) is 1. The predicted molar refractivity (Wildman–Crippen MR) is 84.0 cm³/mol. The van der Waals surface area contributed by atoms with Crippen molar-refractivity contribution in [1.82, 2.24) is 10.3 Å². The number of nitrogens with zero attached hydrogens (tertiary/aromatic N) is 1. The molecular weight excluding hydrogens is 280 g/mol. The first-order valence-electron chi connectivity index (χ1n) is 7.25. The van der Waals surface area contributed by atoms with Crippen LogP contribution in [0.3, 0.4) is 0 Å². The summed E-state index contributed by atoms with van der Waals surface area (Å²) in [6, 6.07) is 6.28. The molecule has 1 unspecified atom stereocenters. The molecular formula is C17H20N2O3. The quantitative estimate of drug-likeness (QED) is 0.741. The fourth-order valence-electron chi connectivity index (χ4n) is 2.33. The Labute approximate surface area is 129 Å². The minimum atomic E-state index is -0.154. The highest BCUT2D eigenvalue weighted by molar-refractivity contribution is 5.95. The van der Waals surface area contributed by atoms with Gasteiger partial charge in [-0.15, -0.1) is 0 Å². The molecule has 5 heteroatoms. The lowest BCUT2D eigenvalue weighted by molar-refractivity contribution is 0.0939. The van der Waals surface area contributed by atoms with Crippen LogP contribution in [-0.2, 0) is 12.8 Å². The number of benzene rings is 1. The van der Waals surface area contributed by atoms with Gasteiger partial charge in [0.15, 0.2) is 11.5 Å². The van der Waals surface area contributed by atoms with Crippen LogP contribution in [-0.4, -0.2) is 27.1 Å². The van der Waals surface area contributed by atoms with E-state index in [4.69, 9.17) is 0 Å². The third-order valence-corrected chi connectivity index (χ3v) is 3.49. The zero-order valence-electron chi connectivity index (χ0n) is 12.7. The van der Waals surface area contributed by atoms with Crippen molar-refractivity contribution in [1.29, 1.82) is 0 Å². The lowest BCUT2D eigenvalue weighted by atomic mass is 10.0. The number of hydrogen-bond donors (Lipinski definition) is 3. The second-order valence-corrected chi connectivity index (χ2v) is 5.29. The summed E-state index contributed by atoms with van der Waals surface area (Å²) in [5, 5.41) is 21.7. The topological polar surface area (TPSA) is 82.5 Å². The van der Waals surface area contributed by atoms with Crippen molar-refractivity contribution in [2.24, 2.45) is 0 Å². The number of phenols is 2. The van der Waals surface area contributed by atoms with Crippen molar-refractivity contribution >= 4 is 5.91 Å². The van der Waals surface area contributed by atoms with Crippen LogP contribution in [0.5, 0.6) is 11.5 Å². The molecule has 0 aliphatic carbocycles. The molecule has 1 atom stereocenters. The van der Waals surface area contributed by atoms with Gasteiger partial charge in [0.2, 0.25) is 0 Å². The maximum Gasteiger partial charge on any atom is 0.251 e. The summed E-state index contributed by atoms with van der Waals surface area (Å²) in [6.07, 6.45) is 4.62. The highest BCUT2D eigenvalue weighted by atomic mass is 16.3. The van der Waals surface area contributed by atoms with Gasteiger partial charge < -0.3 is 15.5 Å². The Morgan fingerprint density at radius 1 is 1.27 bits per heavy atom. The number of hydrogen-bond acceptors (Lipinski definition) is 4. The fraction of sp³-hybridized carbons (Fsp3) is 0.294. The number of aromatic hydroxyl groups is 2. The molecule has 22 heavy (non-hydrogen) atoms. The van der Waals surface area contributed by atoms with Crippen molar-refractivity contribution in [2.45, 2.75) is 32.7 Å². The molecule has 1 amide bonds. The third-order valence-electron chi connectivity index (χ3n) is 3.49. The van der Waals surface area contributed by atoms with E-state index in [0.29, 0.717) is 12.0 Å². The predicted octanol–water partition coefficient (Wildman–Crippen LogP) is 2.42. The van der Waals surface area contributed by atoms with Gasteiger partial charge in [0.05, 0.1) is 0 Å². The second-order valence-electron chi connectivity index (χ2n) is 5.29. The van der Waals surface area contributed by atoms with Gasteiger partial charge in [-0.25, -0.2) is 0 Å². The first-order chi connectivity index (χ1) is 10.5. The van der Waals surface area contributed by atoms with Crippen molar-refractivity contribution in [3.8, 4) is 11.5 Å². The van der Waals surface area contributed by atoms with Crippen LogP contribution in [0, 0.1) is 0 Å². The van der Waals surface area contributed by atoms with Crippen LogP contribution in [0.1, 0.15) is 35.3 Å². The molecule has 0 saturated heterocycles. The van der Waals surface area contributed by atoms with Crippen LogP contribution in [0.4, 0.5) is 0 Å². The van der Waals surface area contributed by atoms with Gasteiger partial charge in [0.1, 0.15) is 0 Å². The molecule has 0 saturated carbocycles. The smallest absolute Gasteiger partial charge is 0.251 e. The Hall–Kier alpha value is -2.56. The van der Waals surface area contributed by atoms with E-state index < -0.39 is 0 Å². The molecule has 1 aromatic carbocycles. The van der Waals surface area contributed by atoms with Crippen molar-refractivity contribution in [2.75, 3.05) is 0 Å². The highest BCUT2D eigenvalue weighted by Gasteiger charge is 2.14. The number of pyridine rings is 1. The molecule has 1 aromatic heterocycles. The monoisotopic (exact) mass is 300 g/mol. The van der Waals surface area contributed by atoms with Crippen LogP contribution in [0.2, 0.25) is 0 Å². The number of carbonyl (C=O) groups excluding carboxylic acids is 1. The zero-order chi connectivity index (χ0) is 16.1. The van der Waals surface area contributed by atoms with Crippen molar-refractivity contribution in [3.63, 3.8) is 0 Å². The molecule has 0 aliphatic heterocycles. The largest absolute Gasteiger partial charge is 0.504 e. The Morgan fingerprint density at radius 2 is 2.05 bits per heavy atom. The first-order valence-corrected chi connectivity index (χ1v) is 7.25. The Balaban J connectivity index is 2.03. The number of carbonyl (C=O) groups is 1. The Kier molecular flexibility index (Phi) is 4.99. The minimum Gasteiger partial charge on any atom is -0.504 e. The highest BCUT2D eigenvalue weighted by Crippen LogP contribution is 2.25. The number of aryl methyl sites for hydroxylation is 1. The summed E-state index contributed by atoms with van der Waals surface area (Å²) in [5.41, 5.74) is 2.39. The second kappa shape index (κ2) is 6.93. The number of phenolic OH excluding ortho intramolecular Hbond substituents is 2. The van der Waals surface area contributed by atoms with Gasteiger partial charge in [0, 0.05) is 24.0 Å². The van der Waals surface area contributed by atoms with E-state index in [2.05, 4.69) is 10.3 Å².